The first-order chi connectivity index (χ1) is 12.4. The lowest BCUT2D eigenvalue weighted by Gasteiger charge is -2.35. The summed E-state index contributed by atoms with van der Waals surface area (Å²) in [5, 5.41) is 3.76. The third kappa shape index (κ3) is 3.26. The number of aryl methyl sites for hydroxylation is 2. The summed E-state index contributed by atoms with van der Waals surface area (Å²) in [5.41, 5.74) is 2.20. The fourth-order valence-electron chi connectivity index (χ4n) is 3.47. The molecule has 7 nitrogen and oxygen atoms in total. The third-order valence-corrected chi connectivity index (χ3v) is 6.72. The molecule has 0 radical (unpaired) electrons. The van der Waals surface area contributed by atoms with E-state index in [2.05, 4.69) is 5.16 Å². The summed E-state index contributed by atoms with van der Waals surface area (Å²) in [6.07, 6.45) is 0.547. The minimum Gasteiger partial charge on any atom is -0.466 e. The number of benzene rings is 1. The van der Waals surface area contributed by atoms with E-state index in [9.17, 15) is 13.2 Å². The molecule has 1 aromatic heterocycles. The van der Waals surface area contributed by atoms with E-state index in [0.717, 1.165) is 11.1 Å². The summed E-state index contributed by atoms with van der Waals surface area (Å²) >= 11 is 0. The lowest BCUT2D eigenvalue weighted by Crippen LogP contribution is -2.41. The summed E-state index contributed by atoms with van der Waals surface area (Å²) in [4.78, 5) is 12.2. The SMILES string of the molecule is CCOC(=O)C[C@@H]1c2ccccc2CCN1S(=O)(=O)c1c(C)noc1C. The summed E-state index contributed by atoms with van der Waals surface area (Å²) in [6.45, 7) is 5.44. The Balaban J connectivity index is 2.06. The fourth-order valence-corrected chi connectivity index (χ4v) is 5.37. The normalized spacial score (nSPS) is 17.7. The van der Waals surface area contributed by atoms with Gasteiger partial charge in [-0.15, -0.1) is 0 Å². The van der Waals surface area contributed by atoms with Crippen LogP contribution in [-0.4, -0.2) is 37.0 Å². The van der Waals surface area contributed by atoms with Gasteiger partial charge in [-0.25, -0.2) is 8.42 Å². The van der Waals surface area contributed by atoms with Crippen molar-refractivity contribution in [3.63, 3.8) is 0 Å². The molecule has 0 fully saturated rings. The van der Waals surface area contributed by atoms with E-state index < -0.39 is 22.0 Å². The fraction of sp³-hybridized carbons (Fsp3) is 0.444. The Bertz CT molecular complexity index is 900. The first kappa shape index (κ1) is 18.6. The lowest BCUT2D eigenvalue weighted by atomic mass is 9.92. The predicted octanol–water partition coefficient (Wildman–Crippen LogP) is 2.53. The van der Waals surface area contributed by atoms with E-state index in [1.54, 1.807) is 20.8 Å². The molecular weight excluding hydrogens is 356 g/mol. The number of nitrogens with zero attached hydrogens (tertiary/aromatic N) is 2. The highest BCUT2D eigenvalue weighted by Gasteiger charge is 2.40. The van der Waals surface area contributed by atoms with Crippen molar-refractivity contribution in [2.75, 3.05) is 13.2 Å². The molecule has 2 aromatic rings. The number of sulfonamides is 1. The van der Waals surface area contributed by atoms with E-state index in [1.165, 1.54) is 4.31 Å². The second kappa shape index (κ2) is 7.20. The molecule has 0 saturated carbocycles. The highest BCUT2D eigenvalue weighted by atomic mass is 32.2. The molecule has 3 rings (SSSR count). The highest BCUT2D eigenvalue weighted by Crippen LogP contribution is 2.37. The Morgan fingerprint density at radius 3 is 2.73 bits per heavy atom. The molecule has 0 unspecified atom stereocenters. The van der Waals surface area contributed by atoms with Gasteiger partial charge >= 0.3 is 5.97 Å². The van der Waals surface area contributed by atoms with Gasteiger partial charge < -0.3 is 9.26 Å². The maximum atomic E-state index is 13.3. The van der Waals surface area contributed by atoms with Crippen molar-refractivity contribution in [3.8, 4) is 0 Å². The van der Waals surface area contributed by atoms with Crippen LogP contribution in [0.5, 0.6) is 0 Å². The number of ether oxygens (including phenoxy) is 1. The van der Waals surface area contributed by atoms with Crippen LogP contribution in [0, 0.1) is 13.8 Å². The van der Waals surface area contributed by atoms with Crippen LogP contribution in [0.3, 0.4) is 0 Å². The minimum absolute atomic E-state index is 0.0343. The van der Waals surface area contributed by atoms with Crippen molar-refractivity contribution in [2.45, 2.75) is 44.6 Å². The Labute approximate surface area is 153 Å². The summed E-state index contributed by atoms with van der Waals surface area (Å²) in [7, 11) is -3.86. The van der Waals surface area contributed by atoms with Crippen molar-refractivity contribution >= 4 is 16.0 Å². The maximum absolute atomic E-state index is 13.3. The zero-order valence-corrected chi connectivity index (χ0v) is 15.9. The van der Waals surface area contributed by atoms with Gasteiger partial charge in [-0.3, -0.25) is 4.79 Å². The summed E-state index contributed by atoms with van der Waals surface area (Å²) in [6, 6.07) is 6.99. The number of rotatable bonds is 5. The molecule has 2 heterocycles. The molecule has 0 spiro atoms. The Hall–Kier alpha value is -2.19. The molecule has 0 saturated heterocycles. The van der Waals surface area contributed by atoms with Crippen LogP contribution < -0.4 is 0 Å². The standard InChI is InChI=1S/C18H22N2O5S/c1-4-24-17(21)11-16-15-8-6-5-7-14(15)9-10-20(16)26(22,23)18-12(2)19-25-13(18)3/h5-8,16H,4,9-11H2,1-3H3/t16-/m1/s1. The van der Waals surface area contributed by atoms with Gasteiger partial charge in [0.05, 0.1) is 19.1 Å². The number of carbonyl (C=O) groups excluding carboxylic acids is 1. The first-order valence-corrected chi connectivity index (χ1v) is 9.98. The number of aromatic nitrogens is 1. The second-order valence-corrected chi connectivity index (χ2v) is 8.07. The van der Waals surface area contributed by atoms with Gasteiger partial charge in [0.15, 0.2) is 5.76 Å². The van der Waals surface area contributed by atoms with Gasteiger partial charge in [0, 0.05) is 6.54 Å². The highest BCUT2D eigenvalue weighted by molar-refractivity contribution is 7.89. The van der Waals surface area contributed by atoms with Crippen LogP contribution in [-0.2, 0) is 26.0 Å². The molecule has 26 heavy (non-hydrogen) atoms. The predicted molar refractivity (Wildman–Crippen MR) is 94.0 cm³/mol. The summed E-state index contributed by atoms with van der Waals surface area (Å²) < 4.78 is 38.1. The number of esters is 1. The smallest absolute Gasteiger partial charge is 0.307 e. The molecule has 140 valence electrons. The largest absolute Gasteiger partial charge is 0.466 e. The van der Waals surface area contributed by atoms with Crippen LogP contribution in [0.25, 0.3) is 0 Å². The molecule has 1 atom stereocenters. The van der Waals surface area contributed by atoms with Gasteiger partial charge in [-0.05, 0) is 38.3 Å². The molecule has 8 heteroatoms. The van der Waals surface area contributed by atoms with E-state index in [-0.39, 0.29) is 30.2 Å². The van der Waals surface area contributed by atoms with Crippen molar-refractivity contribution in [1.29, 1.82) is 0 Å². The number of hydrogen-bond donors (Lipinski definition) is 0. The molecule has 1 aliphatic heterocycles. The Morgan fingerprint density at radius 1 is 1.35 bits per heavy atom. The average molecular weight is 378 g/mol. The van der Waals surface area contributed by atoms with Gasteiger partial charge in [-0.1, -0.05) is 29.4 Å². The zero-order chi connectivity index (χ0) is 18.9. The van der Waals surface area contributed by atoms with E-state index in [1.807, 2.05) is 24.3 Å². The van der Waals surface area contributed by atoms with Gasteiger partial charge in [-0.2, -0.15) is 4.31 Å². The third-order valence-electron chi connectivity index (χ3n) is 4.56. The van der Waals surface area contributed by atoms with E-state index in [4.69, 9.17) is 9.26 Å². The molecule has 1 aliphatic rings. The average Bonchev–Trinajstić information content (AvgIpc) is 2.94. The van der Waals surface area contributed by atoms with Crippen LogP contribution in [0.2, 0.25) is 0 Å². The van der Waals surface area contributed by atoms with E-state index >= 15 is 0 Å². The van der Waals surface area contributed by atoms with E-state index in [0.29, 0.717) is 12.1 Å². The van der Waals surface area contributed by atoms with Gasteiger partial charge in [0.2, 0.25) is 10.0 Å². The monoisotopic (exact) mass is 378 g/mol. The van der Waals surface area contributed by atoms with Crippen LogP contribution in [0.1, 0.15) is 42.0 Å². The van der Waals surface area contributed by atoms with Gasteiger partial charge in [0.25, 0.3) is 0 Å². The maximum Gasteiger partial charge on any atom is 0.307 e. The minimum atomic E-state index is -3.86. The van der Waals surface area contributed by atoms with Crippen LogP contribution in [0.15, 0.2) is 33.7 Å². The lowest BCUT2D eigenvalue weighted by molar-refractivity contribution is -0.144. The van der Waals surface area contributed by atoms with Crippen LogP contribution in [0.4, 0.5) is 0 Å². The number of carbonyl (C=O) groups is 1. The molecular formula is C18H22N2O5S. The Morgan fingerprint density at radius 2 is 2.08 bits per heavy atom. The summed E-state index contributed by atoms with van der Waals surface area (Å²) in [5.74, 6) is -0.176. The quantitative estimate of drug-likeness (QED) is 0.743. The Kier molecular flexibility index (Phi) is 5.15. The van der Waals surface area contributed by atoms with Gasteiger partial charge in [0.1, 0.15) is 10.6 Å². The topological polar surface area (TPSA) is 89.7 Å². The molecule has 0 N–H and O–H groups in total. The zero-order valence-electron chi connectivity index (χ0n) is 15.1. The van der Waals surface area contributed by atoms with Crippen molar-refractivity contribution in [2.24, 2.45) is 0 Å². The van der Waals surface area contributed by atoms with Crippen molar-refractivity contribution in [3.05, 3.63) is 46.8 Å². The molecule has 0 aliphatic carbocycles. The van der Waals surface area contributed by atoms with Crippen molar-refractivity contribution < 1.29 is 22.5 Å². The van der Waals surface area contributed by atoms with Crippen molar-refractivity contribution in [1.82, 2.24) is 9.46 Å². The second-order valence-electron chi connectivity index (χ2n) is 6.24. The first-order valence-electron chi connectivity index (χ1n) is 8.54. The van der Waals surface area contributed by atoms with Crippen LogP contribution >= 0.6 is 0 Å². The molecule has 0 amide bonds. The molecule has 1 aromatic carbocycles. The number of hydrogen-bond acceptors (Lipinski definition) is 6. The number of fused-ring (bicyclic) bond motifs is 1. The molecule has 0 bridgehead atoms.